The highest BCUT2D eigenvalue weighted by atomic mass is 32.2. The van der Waals surface area contributed by atoms with Crippen LogP contribution in [0.25, 0.3) is 6.08 Å². The van der Waals surface area contributed by atoms with E-state index in [9.17, 15) is 4.79 Å². The van der Waals surface area contributed by atoms with E-state index in [1.165, 1.54) is 43.9 Å². The second kappa shape index (κ2) is 12.1. The molecule has 1 saturated heterocycles. The summed E-state index contributed by atoms with van der Waals surface area (Å²) in [4.78, 5) is 15.4. The molecule has 0 radical (unpaired) electrons. The predicted octanol–water partition coefficient (Wildman–Crippen LogP) is 7.39. The molecule has 0 spiro atoms. The Morgan fingerprint density at radius 1 is 1.00 bits per heavy atom. The maximum absolute atomic E-state index is 13.0. The average molecular weight is 454 g/mol. The summed E-state index contributed by atoms with van der Waals surface area (Å²) >= 11 is 6.87. The van der Waals surface area contributed by atoms with E-state index in [1.54, 1.807) is 4.90 Å². The fraction of sp³-hybridized carbons (Fsp3) is 0.385. The summed E-state index contributed by atoms with van der Waals surface area (Å²) in [7, 11) is 0. The molecule has 3 rings (SSSR count). The molecule has 1 amide bonds. The first kappa shape index (κ1) is 23.6. The Hall–Kier alpha value is -2.11. The van der Waals surface area contributed by atoms with Gasteiger partial charge in [0.1, 0.15) is 10.1 Å². The first-order chi connectivity index (χ1) is 15.1. The number of unbranched alkanes of at least 4 members (excludes halogenated alkanes) is 5. The van der Waals surface area contributed by atoms with Crippen molar-refractivity contribution in [3.8, 4) is 5.75 Å². The van der Waals surface area contributed by atoms with Crippen molar-refractivity contribution in [3.05, 3.63) is 70.6 Å². The van der Waals surface area contributed by atoms with Crippen molar-refractivity contribution in [2.45, 2.75) is 58.4 Å². The maximum atomic E-state index is 13.0. The number of ether oxygens (including phenoxy) is 1. The number of thiocarbonyl (C=S) groups is 1. The minimum atomic E-state index is -0.0858. The van der Waals surface area contributed by atoms with Gasteiger partial charge in [-0.1, -0.05) is 105 Å². The molecule has 2 aromatic carbocycles. The van der Waals surface area contributed by atoms with E-state index < -0.39 is 0 Å². The fourth-order valence-corrected chi connectivity index (χ4v) is 5.00. The zero-order valence-corrected chi connectivity index (χ0v) is 20.0. The summed E-state index contributed by atoms with van der Waals surface area (Å²) in [5, 5.41) is 0. The number of hydrogen-bond donors (Lipinski definition) is 0. The number of rotatable bonds is 11. The van der Waals surface area contributed by atoms with Crippen molar-refractivity contribution in [3.63, 3.8) is 0 Å². The number of nitrogens with zero attached hydrogens (tertiary/aromatic N) is 1. The summed E-state index contributed by atoms with van der Waals surface area (Å²) in [5.41, 5.74) is 2.05. The zero-order chi connectivity index (χ0) is 22.1. The highest BCUT2D eigenvalue weighted by Crippen LogP contribution is 2.38. The molecule has 1 aliphatic rings. The van der Waals surface area contributed by atoms with E-state index >= 15 is 0 Å². The monoisotopic (exact) mass is 453 g/mol. The minimum Gasteiger partial charge on any atom is -0.494 e. The van der Waals surface area contributed by atoms with Crippen LogP contribution in [0.2, 0.25) is 0 Å². The second-order valence-corrected chi connectivity index (χ2v) is 9.50. The normalized spacial score (nSPS) is 16.2. The summed E-state index contributed by atoms with van der Waals surface area (Å²) in [6, 6.07) is 17.8. The molecule has 0 saturated carbocycles. The van der Waals surface area contributed by atoms with Crippen molar-refractivity contribution in [2.24, 2.45) is 0 Å². The van der Waals surface area contributed by atoms with Crippen LogP contribution in [0.3, 0.4) is 0 Å². The second-order valence-electron chi connectivity index (χ2n) is 7.82. The molecule has 0 bridgehead atoms. The lowest BCUT2D eigenvalue weighted by Crippen LogP contribution is -2.30. The summed E-state index contributed by atoms with van der Waals surface area (Å²) < 4.78 is 6.45. The van der Waals surface area contributed by atoms with Gasteiger partial charge >= 0.3 is 0 Å². The van der Waals surface area contributed by atoms with Crippen LogP contribution in [0.4, 0.5) is 0 Å². The van der Waals surface area contributed by atoms with E-state index in [0.717, 1.165) is 29.9 Å². The van der Waals surface area contributed by atoms with Gasteiger partial charge in [0.2, 0.25) is 0 Å². The Labute approximate surface area is 195 Å². The van der Waals surface area contributed by atoms with E-state index in [4.69, 9.17) is 17.0 Å². The molecule has 0 N–H and O–H groups in total. The van der Waals surface area contributed by atoms with Gasteiger partial charge < -0.3 is 4.74 Å². The van der Waals surface area contributed by atoms with Gasteiger partial charge in [0.05, 0.1) is 17.6 Å². The van der Waals surface area contributed by atoms with Crippen molar-refractivity contribution >= 4 is 40.3 Å². The zero-order valence-electron chi connectivity index (χ0n) is 18.4. The lowest BCUT2D eigenvalue weighted by molar-refractivity contribution is -0.123. The van der Waals surface area contributed by atoms with Gasteiger partial charge in [-0.25, -0.2) is 0 Å². The molecule has 164 valence electrons. The molecule has 31 heavy (non-hydrogen) atoms. The molecule has 0 aromatic heterocycles. The van der Waals surface area contributed by atoms with Crippen LogP contribution in [-0.4, -0.2) is 21.7 Å². The minimum absolute atomic E-state index is 0.0326. The quantitative estimate of drug-likeness (QED) is 0.201. The highest BCUT2D eigenvalue weighted by Gasteiger charge is 2.35. The first-order valence-electron chi connectivity index (χ1n) is 11.1. The van der Waals surface area contributed by atoms with Gasteiger partial charge in [-0.15, -0.1) is 0 Å². The standard InChI is InChI=1S/C26H31NO2S2/c1-3-4-5-6-7-11-18-29-23-16-14-21(15-17-23)19-24-25(28)27(26(30)31-24)20(2)22-12-9-8-10-13-22/h8-10,12-17,19-20H,3-7,11,18H2,1-2H3/b24-19-. The Morgan fingerprint density at radius 2 is 1.68 bits per heavy atom. The van der Waals surface area contributed by atoms with Gasteiger partial charge in [0, 0.05) is 0 Å². The lowest BCUT2D eigenvalue weighted by Gasteiger charge is -2.23. The van der Waals surface area contributed by atoms with Gasteiger partial charge in [-0.3, -0.25) is 9.69 Å². The number of amides is 1. The summed E-state index contributed by atoms with van der Waals surface area (Å²) in [5.74, 6) is 0.839. The molecule has 1 fully saturated rings. The Kier molecular flexibility index (Phi) is 9.16. The highest BCUT2D eigenvalue weighted by molar-refractivity contribution is 8.26. The molecule has 5 heteroatoms. The van der Waals surface area contributed by atoms with Crippen LogP contribution >= 0.6 is 24.0 Å². The van der Waals surface area contributed by atoms with Crippen molar-refractivity contribution in [2.75, 3.05) is 6.61 Å². The molecule has 3 nitrogen and oxygen atoms in total. The molecule has 0 aliphatic carbocycles. The Morgan fingerprint density at radius 3 is 2.39 bits per heavy atom. The third kappa shape index (κ3) is 6.68. The third-order valence-electron chi connectivity index (χ3n) is 5.44. The van der Waals surface area contributed by atoms with Gasteiger partial charge in [0.25, 0.3) is 5.91 Å². The molecule has 1 unspecified atom stereocenters. The summed E-state index contributed by atoms with van der Waals surface area (Å²) in [6.45, 7) is 5.00. The number of carbonyl (C=O) groups excluding carboxylic acids is 1. The van der Waals surface area contributed by atoms with Crippen LogP contribution in [0, 0.1) is 0 Å². The Balaban J connectivity index is 1.54. The van der Waals surface area contributed by atoms with E-state index in [1.807, 2.05) is 67.6 Å². The largest absolute Gasteiger partial charge is 0.494 e. The van der Waals surface area contributed by atoms with Crippen molar-refractivity contribution < 1.29 is 9.53 Å². The van der Waals surface area contributed by atoms with Gasteiger partial charge in [-0.05, 0) is 42.7 Å². The predicted molar refractivity (Wildman–Crippen MR) is 135 cm³/mol. The van der Waals surface area contributed by atoms with E-state index in [0.29, 0.717) is 9.23 Å². The smallest absolute Gasteiger partial charge is 0.266 e. The first-order valence-corrected chi connectivity index (χ1v) is 12.4. The molecular formula is C26H31NO2S2. The molecule has 1 atom stereocenters. The topological polar surface area (TPSA) is 29.5 Å². The SMILES string of the molecule is CCCCCCCCOc1ccc(/C=C2\SC(=S)N(C(C)c3ccccc3)C2=O)cc1. The van der Waals surface area contributed by atoms with E-state index in [-0.39, 0.29) is 11.9 Å². The number of hydrogen-bond acceptors (Lipinski definition) is 4. The van der Waals surface area contributed by atoms with Crippen LogP contribution in [0.5, 0.6) is 5.75 Å². The van der Waals surface area contributed by atoms with Gasteiger partial charge in [-0.2, -0.15) is 0 Å². The molecule has 1 aliphatic heterocycles. The lowest BCUT2D eigenvalue weighted by atomic mass is 10.1. The van der Waals surface area contributed by atoms with Crippen molar-refractivity contribution in [1.82, 2.24) is 4.90 Å². The number of thioether (sulfide) groups is 1. The van der Waals surface area contributed by atoms with Gasteiger partial charge in [0.15, 0.2) is 0 Å². The third-order valence-corrected chi connectivity index (χ3v) is 6.77. The van der Waals surface area contributed by atoms with Crippen LogP contribution in [-0.2, 0) is 4.79 Å². The average Bonchev–Trinajstić information content (AvgIpc) is 3.07. The van der Waals surface area contributed by atoms with Crippen LogP contribution in [0.1, 0.15) is 69.5 Å². The van der Waals surface area contributed by atoms with E-state index in [2.05, 4.69) is 6.92 Å². The van der Waals surface area contributed by atoms with Crippen LogP contribution < -0.4 is 4.74 Å². The number of benzene rings is 2. The van der Waals surface area contributed by atoms with Crippen molar-refractivity contribution in [1.29, 1.82) is 0 Å². The maximum Gasteiger partial charge on any atom is 0.266 e. The molecule has 1 heterocycles. The Bertz CT molecular complexity index is 893. The molecular weight excluding hydrogens is 422 g/mol. The fourth-order valence-electron chi connectivity index (χ4n) is 3.58. The molecule has 2 aromatic rings. The summed E-state index contributed by atoms with van der Waals surface area (Å²) in [6.07, 6.45) is 9.44. The number of carbonyl (C=O) groups is 1. The van der Waals surface area contributed by atoms with Crippen LogP contribution in [0.15, 0.2) is 59.5 Å².